The van der Waals surface area contributed by atoms with Gasteiger partial charge in [0.05, 0.1) is 11.2 Å². The SMILES string of the molecule is CC(C)Sc1ccc(-c2n[nH]c3ccc(-c4n[nH]c([C@@H]5CCCN(Cc6c(F)cccc6F)C5)n4)cc23)cc1. The minimum absolute atomic E-state index is 0.116. The Morgan fingerprint density at radius 2 is 1.74 bits per heavy atom. The van der Waals surface area contributed by atoms with Gasteiger partial charge in [-0.25, -0.2) is 13.8 Å². The maximum Gasteiger partial charge on any atom is 0.181 e. The summed E-state index contributed by atoms with van der Waals surface area (Å²) >= 11 is 1.84. The summed E-state index contributed by atoms with van der Waals surface area (Å²) in [5.74, 6) is 0.539. The van der Waals surface area contributed by atoms with Crippen LogP contribution < -0.4 is 0 Å². The summed E-state index contributed by atoms with van der Waals surface area (Å²) in [5, 5.41) is 16.9. The van der Waals surface area contributed by atoms with E-state index in [4.69, 9.17) is 4.98 Å². The average molecular weight is 545 g/mol. The lowest BCUT2D eigenvalue weighted by molar-refractivity contribution is 0.192. The summed E-state index contributed by atoms with van der Waals surface area (Å²) in [6, 6.07) is 18.6. The lowest BCUT2D eigenvalue weighted by atomic mass is 9.97. The highest BCUT2D eigenvalue weighted by molar-refractivity contribution is 7.99. The molecule has 0 amide bonds. The maximum atomic E-state index is 14.2. The van der Waals surface area contributed by atoms with Crippen LogP contribution in [0.3, 0.4) is 0 Å². The highest BCUT2D eigenvalue weighted by atomic mass is 32.2. The summed E-state index contributed by atoms with van der Waals surface area (Å²) in [6.45, 7) is 6.08. The van der Waals surface area contributed by atoms with Crippen LogP contribution in [-0.4, -0.2) is 48.6 Å². The number of hydrogen-bond acceptors (Lipinski definition) is 5. The molecule has 1 fully saturated rings. The van der Waals surface area contributed by atoms with Gasteiger partial charge in [-0.15, -0.1) is 11.8 Å². The summed E-state index contributed by atoms with van der Waals surface area (Å²) in [7, 11) is 0. The van der Waals surface area contributed by atoms with Crippen LogP contribution in [0.25, 0.3) is 33.5 Å². The molecule has 0 aliphatic carbocycles. The molecular formula is C30H30F2N6S. The molecule has 1 atom stereocenters. The van der Waals surface area contributed by atoms with Gasteiger partial charge >= 0.3 is 0 Å². The predicted octanol–water partition coefficient (Wildman–Crippen LogP) is 7.17. The number of aromatic nitrogens is 5. The molecule has 0 unspecified atom stereocenters. The number of fused-ring (bicyclic) bond motifs is 1. The number of nitrogens with zero attached hydrogens (tertiary/aromatic N) is 4. The van der Waals surface area contributed by atoms with Crippen molar-refractivity contribution >= 4 is 22.7 Å². The molecule has 0 saturated carbocycles. The molecule has 1 aliphatic rings. The predicted molar refractivity (Wildman–Crippen MR) is 152 cm³/mol. The van der Waals surface area contributed by atoms with E-state index in [2.05, 4.69) is 69.5 Å². The molecule has 39 heavy (non-hydrogen) atoms. The molecular weight excluding hydrogens is 514 g/mol. The molecule has 0 bridgehead atoms. The molecule has 0 spiro atoms. The fourth-order valence-electron chi connectivity index (χ4n) is 5.25. The van der Waals surface area contributed by atoms with Crippen LogP contribution in [0.4, 0.5) is 8.78 Å². The van der Waals surface area contributed by atoms with Crippen molar-refractivity contribution in [2.45, 2.75) is 49.3 Å². The lowest BCUT2D eigenvalue weighted by Gasteiger charge is -2.31. The van der Waals surface area contributed by atoms with E-state index in [1.165, 1.54) is 23.1 Å². The second-order valence-electron chi connectivity index (χ2n) is 10.3. The highest BCUT2D eigenvalue weighted by Crippen LogP contribution is 2.33. The molecule has 9 heteroatoms. The normalized spacial score (nSPS) is 16.4. The Bertz CT molecular complexity index is 1570. The second-order valence-corrected chi connectivity index (χ2v) is 12.0. The van der Waals surface area contributed by atoms with Crippen molar-refractivity contribution in [2.75, 3.05) is 13.1 Å². The molecule has 3 heterocycles. The molecule has 2 N–H and O–H groups in total. The summed E-state index contributed by atoms with van der Waals surface area (Å²) in [4.78, 5) is 8.17. The van der Waals surface area contributed by atoms with E-state index in [1.807, 2.05) is 23.9 Å². The Morgan fingerprint density at radius 1 is 0.974 bits per heavy atom. The van der Waals surface area contributed by atoms with E-state index in [9.17, 15) is 8.78 Å². The summed E-state index contributed by atoms with van der Waals surface area (Å²) < 4.78 is 28.4. The van der Waals surface area contributed by atoms with Crippen LogP contribution in [-0.2, 0) is 6.54 Å². The number of aromatic amines is 2. The van der Waals surface area contributed by atoms with Crippen molar-refractivity contribution in [3.05, 3.63) is 83.7 Å². The van der Waals surface area contributed by atoms with Crippen LogP contribution in [0.2, 0.25) is 0 Å². The zero-order valence-corrected chi connectivity index (χ0v) is 22.7. The van der Waals surface area contributed by atoms with E-state index < -0.39 is 11.6 Å². The van der Waals surface area contributed by atoms with Gasteiger partial charge in [-0.1, -0.05) is 32.0 Å². The third kappa shape index (κ3) is 5.46. The number of benzene rings is 3. The molecule has 1 saturated heterocycles. The first-order valence-corrected chi connectivity index (χ1v) is 14.2. The van der Waals surface area contributed by atoms with Gasteiger partial charge in [0.2, 0.25) is 0 Å². The first-order chi connectivity index (χ1) is 18.9. The number of likely N-dealkylation sites (tertiary alicyclic amines) is 1. The molecule has 3 aromatic carbocycles. The maximum absolute atomic E-state index is 14.2. The van der Waals surface area contributed by atoms with E-state index >= 15 is 0 Å². The minimum atomic E-state index is -0.501. The van der Waals surface area contributed by atoms with Crippen molar-refractivity contribution in [1.29, 1.82) is 0 Å². The highest BCUT2D eigenvalue weighted by Gasteiger charge is 2.26. The average Bonchev–Trinajstić information content (AvgIpc) is 3.59. The molecule has 200 valence electrons. The number of H-pyrrole nitrogens is 2. The first kappa shape index (κ1) is 25.7. The van der Waals surface area contributed by atoms with Crippen LogP contribution in [0.15, 0.2) is 65.6 Å². The van der Waals surface area contributed by atoms with Crippen molar-refractivity contribution in [2.24, 2.45) is 0 Å². The summed E-state index contributed by atoms with van der Waals surface area (Å²) in [5.41, 5.74) is 3.92. The minimum Gasteiger partial charge on any atom is -0.298 e. The van der Waals surface area contributed by atoms with Gasteiger partial charge in [-0.2, -0.15) is 10.2 Å². The van der Waals surface area contributed by atoms with Gasteiger partial charge in [-0.3, -0.25) is 15.1 Å². The smallest absolute Gasteiger partial charge is 0.181 e. The van der Waals surface area contributed by atoms with E-state index in [1.54, 1.807) is 0 Å². The van der Waals surface area contributed by atoms with E-state index in [0.717, 1.165) is 52.9 Å². The Morgan fingerprint density at radius 3 is 2.51 bits per heavy atom. The number of piperidine rings is 1. The van der Waals surface area contributed by atoms with Crippen LogP contribution >= 0.6 is 11.8 Å². The third-order valence-corrected chi connectivity index (χ3v) is 8.17. The Kier molecular flexibility index (Phi) is 7.18. The fourth-order valence-corrected chi connectivity index (χ4v) is 6.09. The fraction of sp³-hybridized carbons (Fsp3) is 0.300. The van der Waals surface area contributed by atoms with Crippen molar-refractivity contribution < 1.29 is 8.78 Å². The van der Waals surface area contributed by atoms with Crippen molar-refractivity contribution in [3.8, 4) is 22.6 Å². The number of thioether (sulfide) groups is 1. The summed E-state index contributed by atoms with van der Waals surface area (Å²) in [6.07, 6.45) is 1.87. The molecule has 5 aromatic rings. The van der Waals surface area contributed by atoms with Crippen LogP contribution in [0.5, 0.6) is 0 Å². The standard InChI is InChI=1S/C30H30F2N6S/c1-18(2)39-22-11-8-19(9-12-22)28-23-15-20(10-13-27(23)34-35-28)29-33-30(37-36-29)21-5-4-14-38(16-21)17-24-25(31)6-3-7-26(24)32/h3,6-13,15,18,21H,4-5,14,16-17H2,1-2H3,(H,34,35)(H,33,36,37)/t21-/m1/s1. The molecule has 2 aromatic heterocycles. The Hall–Kier alpha value is -3.56. The largest absolute Gasteiger partial charge is 0.298 e. The zero-order chi connectivity index (χ0) is 26.9. The number of rotatable bonds is 7. The topological polar surface area (TPSA) is 73.5 Å². The monoisotopic (exact) mass is 544 g/mol. The molecule has 6 rings (SSSR count). The third-order valence-electron chi connectivity index (χ3n) is 7.16. The van der Waals surface area contributed by atoms with Crippen LogP contribution in [0, 0.1) is 11.6 Å². The van der Waals surface area contributed by atoms with Crippen LogP contribution in [0.1, 0.15) is 44.0 Å². The number of halogens is 2. The van der Waals surface area contributed by atoms with Gasteiger partial charge in [0, 0.05) is 51.2 Å². The van der Waals surface area contributed by atoms with Gasteiger partial charge < -0.3 is 0 Å². The van der Waals surface area contributed by atoms with Crippen molar-refractivity contribution in [1.82, 2.24) is 30.3 Å². The molecule has 1 aliphatic heterocycles. The second kappa shape index (κ2) is 10.9. The van der Waals surface area contributed by atoms with Gasteiger partial charge in [0.1, 0.15) is 17.5 Å². The quantitative estimate of drug-likeness (QED) is 0.213. The molecule has 0 radical (unpaired) electrons. The first-order valence-electron chi connectivity index (χ1n) is 13.3. The lowest BCUT2D eigenvalue weighted by Crippen LogP contribution is -2.34. The van der Waals surface area contributed by atoms with Gasteiger partial charge in [0.25, 0.3) is 0 Å². The number of hydrogen-bond donors (Lipinski definition) is 2. The Labute approximate surface area is 230 Å². The van der Waals surface area contributed by atoms with Crippen molar-refractivity contribution in [3.63, 3.8) is 0 Å². The zero-order valence-electron chi connectivity index (χ0n) is 21.9. The van der Waals surface area contributed by atoms with E-state index in [-0.39, 0.29) is 18.0 Å². The molecule has 6 nitrogen and oxygen atoms in total. The van der Waals surface area contributed by atoms with E-state index in [0.29, 0.717) is 17.6 Å². The Balaban J connectivity index is 1.21. The number of nitrogens with one attached hydrogen (secondary N) is 2. The van der Waals surface area contributed by atoms with Gasteiger partial charge in [0.15, 0.2) is 5.82 Å². The van der Waals surface area contributed by atoms with Gasteiger partial charge in [-0.05, 0) is 61.9 Å².